The molecule has 0 N–H and O–H groups in total. The third-order valence-electron chi connectivity index (χ3n) is 3.94. The largest absolute Gasteiger partial charge is 0.466 e. The maximum Gasteiger partial charge on any atom is 0.188 e. The van der Waals surface area contributed by atoms with E-state index in [-0.39, 0.29) is 13.6 Å². The first-order chi connectivity index (χ1) is 13.9. The average Bonchev–Trinajstić information content (AvgIpc) is 2.66. The van der Waals surface area contributed by atoms with E-state index < -0.39 is 7.92 Å². The fourth-order valence-electron chi connectivity index (χ4n) is 2.70. The van der Waals surface area contributed by atoms with Gasteiger partial charge in [-0.05, 0) is 76.6 Å². The van der Waals surface area contributed by atoms with E-state index in [1.54, 1.807) is 14.2 Å². The number of halogens is 4. The van der Waals surface area contributed by atoms with Crippen LogP contribution in [0.2, 0.25) is 0 Å². The van der Waals surface area contributed by atoms with Crippen LogP contribution in [0.3, 0.4) is 0 Å². The quantitative estimate of drug-likeness (QED) is 0.191. The molecule has 160 valence electrons. The zero-order valence-corrected chi connectivity index (χ0v) is 23.7. The van der Waals surface area contributed by atoms with Gasteiger partial charge < -0.3 is 18.9 Å². The minimum Gasteiger partial charge on any atom is -0.466 e. The van der Waals surface area contributed by atoms with Gasteiger partial charge in [-0.15, -0.1) is 0 Å². The minimum atomic E-state index is -0.777. The van der Waals surface area contributed by atoms with Gasteiger partial charge in [-0.1, -0.05) is 45.2 Å². The van der Waals surface area contributed by atoms with E-state index in [0.717, 1.165) is 59.0 Å². The summed E-state index contributed by atoms with van der Waals surface area (Å²) in [6, 6.07) is 8.24. The SMILES string of the molecule is CCCCP(c1cc(Br)cc(Br)c1OCOC)c1cc(Br)cc(Br)c1OCOC. The highest BCUT2D eigenvalue weighted by atomic mass is 79.9. The van der Waals surface area contributed by atoms with Gasteiger partial charge in [-0.3, -0.25) is 0 Å². The molecule has 2 aromatic rings. The van der Waals surface area contributed by atoms with E-state index in [2.05, 4.69) is 82.8 Å². The number of ether oxygens (including phenoxy) is 4. The lowest BCUT2D eigenvalue weighted by Gasteiger charge is -2.25. The Morgan fingerprint density at radius 3 is 1.59 bits per heavy atom. The third kappa shape index (κ3) is 7.16. The number of methoxy groups -OCH3 is 2. The lowest BCUT2D eigenvalue weighted by Crippen LogP contribution is -2.21. The second kappa shape index (κ2) is 13.0. The molecule has 0 bridgehead atoms. The molecule has 2 aromatic carbocycles. The van der Waals surface area contributed by atoms with Crippen molar-refractivity contribution in [2.75, 3.05) is 34.0 Å². The molecule has 0 saturated heterocycles. The molecule has 0 aliphatic carbocycles. The van der Waals surface area contributed by atoms with Crippen molar-refractivity contribution in [3.8, 4) is 11.5 Å². The molecule has 0 aliphatic rings. The van der Waals surface area contributed by atoms with Crippen LogP contribution in [0.5, 0.6) is 11.5 Å². The van der Waals surface area contributed by atoms with E-state index in [9.17, 15) is 0 Å². The highest BCUT2D eigenvalue weighted by molar-refractivity contribution is 9.11. The first kappa shape index (κ1) is 25.6. The third-order valence-corrected chi connectivity index (χ3v) is 8.62. The summed E-state index contributed by atoms with van der Waals surface area (Å²) in [6.07, 6.45) is 3.20. The molecule has 0 saturated carbocycles. The van der Waals surface area contributed by atoms with Crippen molar-refractivity contribution in [3.63, 3.8) is 0 Å². The van der Waals surface area contributed by atoms with E-state index >= 15 is 0 Å². The average molecular weight is 678 g/mol. The van der Waals surface area contributed by atoms with Crippen molar-refractivity contribution in [1.82, 2.24) is 0 Å². The molecule has 29 heavy (non-hydrogen) atoms. The molecular formula is C20H23Br4O4P. The fourth-order valence-corrected chi connectivity index (χ4v) is 8.87. The summed E-state index contributed by atoms with van der Waals surface area (Å²) in [5.41, 5.74) is 0. The predicted molar refractivity (Wildman–Crippen MR) is 135 cm³/mol. The van der Waals surface area contributed by atoms with E-state index in [0.29, 0.717) is 0 Å². The van der Waals surface area contributed by atoms with Gasteiger partial charge in [0.25, 0.3) is 0 Å². The molecule has 0 spiro atoms. The topological polar surface area (TPSA) is 36.9 Å². The molecule has 4 nitrogen and oxygen atoms in total. The molecular weight excluding hydrogens is 655 g/mol. The summed E-state index contributed by atoms with van der Waals surface area (Å²) in [6.45, 7) is 2.56. The van der Waals surface area contributed by atoms with Crippen molar-refractivity contribution in [2.24, 2.45) is 0 Å². The normalized spacial score (nSPS) is 11.2. The van der Waals surface area contributed by atoms with E-state index in [4.69, 9.17) is 18.9 Å². The Morgan fingerprint density at radius 2 is 1.21 bits per heavy atom. The molecule has 2 rings (SSSR count). The monoisotopic (exact) mass is 674 g/mol. The summed E-state index contributed by atoms with van der Waals surface area (Å²) in [7, 11) is 2.46. The molecule has 9 heteroatoms. The van der Waals surface area contributed by atoms with Crippen LogP contribution in [0.4, 0.5) is 0 Å². The van der Waals surface area contributed by atoms with E-state index in [1.807, 2.05) is 12.1 Å². The highest BCUT2D eigenvalue weighted by Gasteiger charge is 2.25. The van der Waals surface area contributed by atoms with Gasteiger partial charge in [-0.2, -0.15) is 0 Å². The van der Waals surface area contributed by atoms with Crippen LogP contribution in [0.25, 0.3) is 0 Å². The van der Waals surface area contributed by atoms with Crippen LogP contribution >= 0.6 is 71.6 Å². The van der Waals surface area contributed by atoms with Gasteiger partial charge in [0.05, 0.1) is 8.95 Å². The van der Waals surface area contributed by atoms with Crippen LogP contribution < -0.4 is 20.1 Å². The maximum absolute atomic E-state index is 5.97. The van der Waals surface area contributed by atoms with E-state index in [1.165, 1.54) is 0 Å². The molecule has 0 atom stereocenters. The molecule has 0 aromatic heterocycles. The highest BCUT2D eigenvalue weighted by Crippen LogP contribution is 2.46. The smallest absolute Gasteiger partial charge is 0.188 e. The van der Waals surface area contributed by atoms with Crippen molar-refractivity contribution >= 4 is 82.3 Å². The van der Waals surface area contributed by atoms with Crippen LogP contribution in [0, 0.1) is 0 Å². The Labute approximate surface area is 207 Å². The van der Waals surface area contributed by atoms with Crippen LogP contribution in [0.15, 0.2) is 42.2 Å². The van der Waals surface area contributed by atoms with Crippen molar-refractivity contribution < 1.29 is 18.9 Å². The molecule has 0 fully saturated rings. The lowest BCUT2D eigenvalue weighted by molar-refractivity contribution is 0.0513. The summed E-state index contributed by atoms with van der Waals surface area (Å²) in [5.74, 6) is 1.59. The van der Waals surface area contributed by atoms with Crippen LogP contribution in [-0.4, -0.2) is 34.0 Å². The fraction of sp³-hybridized carbons (Fsp3) is 0.400. The summed E-state index contributed by atoms with van der Waals surface area (Å²) >= 11 is 14.6. The number of rotatable bonds is 11. The van der Waals surface area contributed by atoms with Crippen molar-refractivity contribution in [1.29, 1.82) is 0 Å². The van der Waals surface area contributed by atoms with Crippen molar-refractivity contribution in [2.45, 2.75) is 19.8 Å². The molecule has 0 aliphatic heterocycles. The van der Waals surface area contributed by atoms with Crippen molar-refractivity contribution in [3.05, 3.63) is 42.2 Å². The zero-order chi connectivity index (χ0) is 21.4. The van der Waals surface area contributed by atoms with Crippen LogP contribution in [0.1, 0.15) is 19.8 Å². The molecule has 0 heterocycles. The van der Waals surface area contributed by atoms with Gasteiger partial charge in [-0.25, -0.2) is 0 Å². The minimum absolute atomic E-state index is 0.180. The Bertz CT molecular complexity index is 756. The summed E-state index contributed by atoms with van der Waals surface area (Å²) in [4.78, 5) is 0. The second-order valence-corrected chi connectivity index (χ2v) is 11.9. The summed E-state index contributed by atoms with van der Waals surface area (Å²) in [5, 5.41) is 2.25. The maximum atomic E-state index is 5.97. The number of hydrogen-bond acceptors (Lipinski definition) is 4. The summed E-state index contributed by atoms with van der Waals surface area (Å²) < 4.78 is 26.0. The van der Waals surface area contributed by atoms with Gasteiger partial charge in [0.2, 0.25) is 0 Å². The molecule has 0 amide bonds. The Kier molecular flexibility index (Phi) is 11.5. The first-order valence-electron chi connectivity index (χ1n) is 8.92. The van der Waals surface area contributed by atoms with Gasteiger partial charge in [0.15, 0.2) is 13.6 Å². The van der Waals surface area contributed by atoms with Gasteiger partial charge in [0.1, 0.15) is 11.5 Å². The van der Waals surface area contributed by atoms with Gasteiger partial charge >= 0.3 is 0 Å². The molecule has 0 radical (unpaired) electrons. The second-order valence-electron chi connectivity index (χ2n) is 6.08. The lowest BCUT2D eigenvalue weighted by atomic mass is 10.3. The first-order valence-corrected chi connectivity index (χ1v) is 13.6. The Morgan fingerprint density at radius 1 is 0.759 bits per heavy atom. The predicted octanol–water partition coefficient (Wildman–Crippen LogP) is 6.93. The number of hydrogen-bond donors (Lipinski definition) is 0. The Hall–Kier alpha value is 0.310. The van der Waals surface area contributed by atoms with Crippen LogP contribution in [-0.2, 0) is 9.47 Å². The number of benzene rings is 2. The zero-order valence-electron chi connectivity index (χ0n) is 16.4. The number of unbranched alkanes of at least 4 members (excludes halogenated alkanes) is 1. The van der Waals surface area contributed by atoms with Gasteiger partial charge in [0, 0.05) is 33.8 Å². The standard InChI is InChI=1S/C20H23Br4O4P/c1-4-5-6-29(17-9-13(21)7-15(23)19(17)27-11-25-2)18-10-14(22)8-16(24)20(18)28-12-26-3/h7-10H,4-6,11-12H2,1-3H3. The Balaban J connectivity index is 2.67. The molecule has 0 unspecified atom stereocenters.